The van der Waals surface area contributed by atoms with E-state index in [0.29, 0.717) is 32.0 Å². The number of hydrogen-bond acceptors (Lipinski definition) is 9. The Hall–Kier alpha value is -4.12. The first-order valence-electron chi connectivity index (χ1n) is 12.1. The Bertz CT molecular complexity index is 1760. The van der Waals surface area contributed by atoms with Gasteiger partial charge in [0.15, 0.2) is 15.9 Å². The quantitative estimate of drug-likeness (QED) is 0.117. The van der Waals surface area contributed by atoms with Gasteiger partial charge in [-0.25, -0.2) is 0 Å². The number of anilines is 1. The fraction of sp³-hybridized carbons (Fsp3) is 0.103. The number of ketones is 1. The van der Waals surface area contributed by atoms with Gasteiger partial charge < -0.3 is 14.3 Å². The first-order valence-corrected chi connectivity index (χ1v) is 14.3. The lowest BCUT2D eigenvalue weighted by Crippen LogP contribution is -2.31. The summed E-state index contributed by atoms with van der Waals surface area (Å²) in [6.07, 6.45) is 0. The van der Waals surface area contributed by atoms with Gasteiger partial charge in [-0.15, -0.1) is 10.2 Å². The van der Waals surface area contributed by atoms with Gasteiger partial charge in [-0.2, -0.15) is 0 Å². The van der Waals surface area contributed by atoms with Crippen LogP contribution in [-0.2, 0) is 10.5 Å². The van der Waals surface area contributed by atoms with Gasteiger partial charge in [0.1, 0.15) is 11.3 Å². The summed E-state index contributed by atoms with van der Waals surface area (Å²) in [7, 11) is 1.53. The van der Waals surface area contributed by atoms with Gasteiger partial charge in [-0.05, 0) is 41.5 Å². The van der Waals surface area contributed by atoms with E-state index in [1.807, 2.05) is 36.4 Å². The second-order valence-electron chi connectivity index (χ2n) is 8.82. The molecule has 0 unspecified atom stereocenters. The molecule has 8 nitrogen and oxygen atoms in total. The molecule has 0 bridgehead atoms. The van der Waals surface area contributed by atoms with E-state index in [2.05, 4.69) is 10.2 Å². The second-order valence-corrected chi connectivity index (χ2v) is 11.4. The van der Waals surface area contributed by atoms with E-state index in [9.17, 15) is 14.7 Å². The van der Waals surface area contributed by atoms with Crippen molar-refractivity contribution in [3.05, 3.63) is 112 Å². The average molecular weight is 590 g/mol. The standard InChI is InChI=1S/C29H20ClN3O5S2/c1-37-19-10-6-9-17(13-19)24-23(25(34)22-14-16-7-3-5-12-21(16)38-22)26(35)27(36)33(24)28-31-32-29(40-28)39-15-18-8-2-4-11-20(18)30/h2-14,24,35H,15H2,1H3/t24-/m1/s1. The number of fused-ring (bicyclic) bond motifs is 1. The summed E-state index contributed by atoms with van der Waals surface area (Å²) >= 11 is 8.89. The number of rotatable bonds is 8. The van der Waals surface area contributed by atoms with Gasteiger partial charge in [0, 0.05) is 16.2 Å². The molecule has 0 aliphatic carbocycles. The number of furan rings is 1. The van der Waals surface area contributed by atoms with Crippen molar-refractivity contribution in [2.24, 2.45) is 0 Å². The highest BCUT2D eigenvalue weighted by atomic mass is 35.5. The Morgan fingerprint density at radius 2 is 1.90 bits per heavy atom. The SMILES string of the molecule is COc1cccc([C@@H]2C(C(=O)c3cc4ccccc4o3)=C(O)C(=O)N2c2nnc(SCc3ccccc3Cl)s2)c1. The van der Waals surface area contributed by atoms with Crippen LogP contribution < -0.4 is 9.64 Å². The molecule has 0 saturated heterocycles. The van der Waals surface area contributed by atoms with E-state index in [1.165, 1.54) is 35.1 Å². The molecule has 5 aromatic rings. The van der Waals surface area contributed by atoms with Crippen molar-refractivity contribution in [3.8, 4) is 5.75 Å². The number of para-hydroxylation sites is 1. The third-order valence-corrected chi connectivity index (χ3v) is 8.90. The fourth-order valence-corrected chi connectivity index (χ4v) is 6.65. The Morgan fingerprint density at radius 3 is 2.70 bits per heavy atom. The molecule has 11 heteroatoms. The molecular weight excluding hydrogens is 570 g/mol. The molecule has 3 aromatic carbocycles. The number of hydrogen-bond donors (Lipinski definition) is 1. The number of ether oxygens (including phenoxy) is 1. The van der Waals surface area contributed by atoms with Gasteiger partial charge in [-0.3, -0.25) is 14.5 Å². The van der Waals surface area contributed by atoms with Crippen molar-refractivity contribution in [1.82, 2.24) is 10.2 Å². The average Bonchev–Trinajstić information content (AvgIpc) is 3.69. The number of carbonyl (C=O) groups excluding carboxylic acids is 2. The summed E-state index contributed by atoms with van der Waals surface area (Å²) in [5.74, 6) is -0.931. The zero-order valence-electron chi connectivity index (χ0n) is 20.9. The van der Waals surface area contributed by atoms with Gasteiger partial charge >= 0.3 is 0 Å². The Kier molecular flexibility index (Phi) is 7.05. The van der Waals surface area contributed by atoms with Crippen LogP contribution in [0.2, 0.25) is 5.02 Å². The van der Waals surface area contributed by atoms with E-state index in [0.717, 1.165) is 10.9 Å². The summed E-state index contributed by atoms with van der Waals surface area (Å²) < 4.78 is 11.8. The molecule has 1 aliphatic heterocycles. The topological polar surface area (TPSA) is 106 Å². The largest absolute Gasteiger partial charge is 0.503 e. The van der Waals surface area contributed by atoms with Crippen molar-refractivity contribution in [1.29, 1.82) is 0 Å². The minimum atomic E-state index is -0.988. The lowest BCUT2D eigenvalue weighted by Gasteiger charge is -2.24. The molecular formula is C29H20ClN3O5S2. The monoisotopic (exact) mass is 589 g/mol. The number of aromatic nitrogens is 2. The van der Waals surface area contributed by atoms with Crippen molar-refractivity contribution in [2.45, 2.75) is 16.1 Å². The van der Waals surface area contributed by atoms with Crippen LogP contribution in [0.5, 0.6) is 5.75 Å². The minimum Gasteiger partial charge on any atom is -0.503 e. The highest BCUT2D eigenvalue weighted by molar-refractivity contribution is 8.00. The van der Waals surface area contributed by atoms with Crippen LogP contribution in [-0.4, -0.2) is 34.1 Å². The number of aliphatic hydroxyl groups excluding tert-OH is 1. The molecule has 1 amide bonds. The Labute approximate surface area is 241 Å². The molecule has 0 fully saturated rings. The second kappa shape index (κ2) is 10.8. The molecule has 2 aromatic heterocycles. The van der Waals surface area contributed by atoms with Crippen LogP contribution in [0.25, 0.3) is 11.0 Å². The zero-order chi connectivity index (χ0) is 27.8. The third kappa shape index (κ3) is 4.74. The molecule has 200 valence electrons. The zero-order valence-corrected chi connectivity index (χ0v) is 23.3. The number of aliphatic hydroxyl groups is 1. The van der Waals surface area contributed by atoms with Crippen LogP contribution in [0.3, 0.4) is 0 Å². The molecule has 0 spiro atoms. The number of Topliss-reactive ketones (excluding diaryl/α,β-unsaturated/α-hetero) is 1. The molecule has 1 N–H and O–H groups in total. The lowest BCUT2D eigenvalue weighted by molar-refractivity contribution is -0.117. The van der Waals surface area contributed by atoms with E-state index in [-0.39, 0.29) is 16.5 Å². The first kappa shape index (κ1) is 26.1. The lowest BCUT2D eigenvalue weighted by atomic mass is 9.95. The number of methoxy groups -OCH3 is 1. The molecule has 1 atom stereocenters. The molecule has 1 aliphatic rings. The highest BCUT2D eigenvalue weighted by Crippen LogP contribution is 2.45. The van der Waals surface area contributed by atoms with E-state index < -0.39 is 23.5 Å². The highest BCUT2D eigenvalue weighted by Gasteiger charge is 2.47. The number of halogens is 1. The van der Waals surface area contributed by atoms with Crippen LogP contribution in [0.1, 0.15) is 27.7 Å². The van der Waals surface area contributed by atoms with Crippen molar-refractivity contribution >= 4 is 62.5 Å². The van der Waals surface area contributed by atoms with Gasteiger partial charge in [0.25, 0.3) is 5.91 Å². The van der Waals surface area contributed by atoms with Gasteiger partial charge in [-0.1, -0.05) is 83.2 Å². The van der Waals surface area contributed by atoms with E-state index in [1.54, 1.807) is 42.5 Å². The third-order valence-electron chi connectivity index (χ3n) is 6.42. The molecule has 40 heavy (non-hydrogen) atoms. The number of amides is 1. The summed E-state index contributed by atoms with van der Waals surface area (Å²) in [5.41, 5.74) is 1.90. The van der Waals surface area contributed by atoms with Crippen molar-refractivity contribution in [3.63, 3.8) is 0 Å². The number of benzene rings is 3. The summed E-state index contributed by atoms with van der Waals surface area (Å²) in [6.45, 7) is 0. The molecule has 0 radical (unpaired) electrons. The maximum absolute atomic E-state index is 13.8. The van der Waals surface area contributed by atoms with Crippen LogP contribution in [0, 0.1) is 0 Å². The smallest absolute Gasteiger partial charge is 0.296 e. The summed E-state index contributed by atoms with van der Waals surface area (Å²) in [6, 6.07) is 22.3. The van der Waals surface area contributed by atoms with Gasteiger partial charge in [0.2, 0.25) is 10.9 Å². The molecule has 6 rings (SSSR count). The number of carbonyl (C=O) groups is 2. The Morgan fingerprint density at radius 1 is 1.10 bits per heavy atom. The van der Waals surface area contributed by atoms with Crippen LogP contribution in [0.4, 0.5) is 5.13 Å². The maximum atomic E-state index is 13.8. The van der Waals surface area contributed by atoms with E-state index in [4.69, 9.17) is 20.8 Å². The van der Waals surface area contributed by atoms with Crippen molar-refractivity contribution < 1.29 is 23.8 Å². The van der Waals surface area contributed by atoms with Gasteiger partial charge in [0.05, 0.1) is 18.7 Å². The Balaban J connectivity index is 1.38. The van der Waals surface area contributed by atoms with Crippen LogP contribution in [0.15, 0.2) is 99.0 Å². The normalized spacial score (nSPS) is 15.3. The predicted molar refractivity (Wildman–Crippen MR) is 154 cm³/mol. The first-order chi connectivity index (χ1) is 19.4. The summed E-state index contributed by atoms with van der Waals surface area (Å²) in [5, 5.41) is 21.2. The molecule has 0 saturated carbocycles. The predicted octanol–water partition coefficient (Wildman–Crippen LogP) is 7.02. The maximum Gasteiger partial charge on any atom is 0.296 e. The van der Waals surface area contributed by atoms with Crippen LogP contribution >= 0.6 is 34.7 Å². The number of nitrogens with zero attached hydrogens (tertiary/aromatic N) is 3. The minimum absolute atomic E-state index is 0.0125. The van der Waals surface area contributed by atoms with E-state index >= 15 is 0 Å². The fourth-order valence-electron chi connectivity index (χ4n) is 4.50. The van der Waals surface area contributed by atoms with Crippen molar-refractivity contribution in [2.75, 3.05) is 12.0 Å². The molecule has 3 heterocycles. The summed E-state index contributed by atoms with van der Waals surface area (Å²) in [4.78, 5) is 28.6. The number of thioether (sulfide) groups is 1.